The van der Waals surface area contributed by atoms with Crippen LogP contribution in [0.4, 0.5) is 10.1 Å². The van der Waals surface area contributed by atoms with Gasteiger partial charge in [-0.15, -0.1) is 0 Å². The molecule has 8 heteroatoms. The van der Waals surface area contributed by atoms with E-state index in [-0.39, 0.29) is 11.4 Å². The van der Waals surface area contributed by atoms with Crippen molar-refractivity contribution in [3.8, 4) is 22.6 Å². The Morgan fingerprint density at radius 3 is 2.39 bits per heavy atom. The van der Waals surface area contributed by atoms with Crippen molar-refractivity contribution in [1.29, 1.82) is 0 Å². The zero-order valence-electron chi connectivity index (χ0n) is 19.3. The standard InChI is InChI=1S/C25H27FN2O4S/c1-6-10-33(30,31)27-21-8-9-23(32-24-16(3)11-20(26)12-17(24)4)22(14-21)19-13-18(7-2)25(29)28(5)15-19/h6,8-15,27H,7H2,1-5H3/b10-6+. The molecule has 0 saturated carbocycles. The third-order valence-corrected chi connectivity index (χ3v) is 6.29. The fraction of sp³-hybridized carbons (Fsp3) is 0.240. The highest BCUT2D eigenvalue weighted by Gasteiger charge is 2.16. The lowest BCUT2D eigenvalue weighted by molar-refractivity contribution is 0.474. The zero-order valence-corrected chi connectivity index (χ0v) is 20.1. The summed E-state index contributed by atoms with van der Waals surface area (Å²) in [6, 6.07) is 9.47. The van der Waals surface area contributed by atoms with Crippen molar-refractivity contribution in [1.82, 2.24) is 4.57 Å². The Kier molecular flexibility index (Phi) is 7.07. The molecule has 1 heterocycles. The summed E-state index contributed by atoms with van der Waals surface area (Å²) in [5, 5.41) is 1.07. The van der Waals surface area contributed by atoms with Crippen LogP contribution in [0, 0.1) is 19.7 Å². The minimum Gasteiger partial charge on any atom is -0.456 e. The average Bonchev–Trinajstić information content (AvgIpc) is 2.73. The Balaban J connectivity index is 2.20. The van der Waals surface area contributed by atoms with Crippen LogP contribution in [-0.4, -0.2) is 13.0 Å². The summed E-state index contributed by atoms with van der Waals surface area (Å²) in [5.74, 6) is 0.611. The highest BCUT2D eigenvalue weighted by Crippen LogP contribution is 2.38. The molecular weight excluding hydrogens is 443 g/mol. The molecule has 0 unspecified atom stereocenters. The Morgan fingerprint density at radius 1 is 1.12 bits per heavy atom. The van der Waals surface area contributed by atoms with Gasteiger partial charge in [-0.25, -0.2) is 12.8 Å². The van der Waals surface area contributed by atoms with Crippen LogP contribution in [0.1, 0.15) is 30.5 Å². The Hall–Kier alpha value is -3.39. The summed E-state index contributed by atoms with van der Waals surface area (Å²) in [6.07, 6.45) is 3.65. The molecule has 1 aromatic heterocycles. The Bertz CT molecular complexity index is 1370. The second-order valence-electron chi connectivity index (χ2n) is 7.82. The number of halogens is 1. The van der Waals surface area contributed by atoms with Crippen LogP contribution in [0.2, 0.25) is 0 Å². The Morgan fingerprint density at radius 2 is 1.79 bits per heavy atom. The third kappa shape index (κ3) is 5.51. The first-order chi connectivity index (χ1) is 15.5. The van der Waals surface area contributed by atoms with E-state index in [0.717, 1.165) is 5.41 Å². The van der Waals surface area contributed by atoms with E-state index in [1.54, 1.807) is 58.3 Å². The normalized spacial score (nSPS) is 11.7. The van der Waals surface area contributed by atoms with Crippen LogP contribution >= 0.6 is 0 Å². The van der Waals surface area contributed by atoms with Crippen LogP contribution in [0.5, 0.6) is 11.5 Å². The molecule has 0 aliphatic carbocycles. The molecule has 0 radical (unpaired) electrons. The van der Waals surface area contributed by atoms with Gasteiger partial charge < -0.3 is 9.30 Å². The van der Waals surface area contributed by atoms with Crippen LogP contribution in [0.25, 0.3) is 11.1 Å². The van der Waals surface area contributed by atoms with Gasteiger partial charge in [-0.2, -0.15) is 0 Å². The summed E-state index contributed by atoms with van der Waals surface area (Å²) in [6.45, 7) is 7.02. The van der Waals surface area contributed by atoms with Gasteiger partial charge in [0.05, 0.1) is 0 Å². The largest absolute Gasteiger partial charge is 0.456 e. The van der Waals surface area contributed by atoms with E-state index in [4.69, 9.17) is 4.74 Å². The average molecular weight is 471 g/mol. The highest BCUT2D eigenvalue weighted by molar-refractivity contribution is 7.95. The molecule has 1 N–H and O–H groups in total. The molecule has 0 amide bonds. The second kappa shape index (κ2) is 9.62. The first-order valence-corrected chi connectivity index (χ1v) is 12.0. The van der Waals surface area contributed by atoms with Crippen molar-refractivity contribution in [2.24, 2.45) is 7.05 Å². The fourth-order valence-corrected chi connectivity index (χ4v) is 4.52. The number of sulfonamides is 1. The van der Waals surface area contributed by atoms with E-state index >= 15 is 0 Å². The molecule has 33 heavy (non-hydrogen) atoms. The third-order valence-electron chi connectivity index (χ3n) is 5.14. The number of hydrogen-bond acceptors (Lipinski definition) is 4. The summed E-state index contributed by atoms with van der Waals surface area (Å²) in [4.78, 5) is 12.4. The van der Waals surface area contributed by atoms with Crippen LogP contribution < -0.4 is 15.0 Å². The minimum atomic E-state index is -3.67. The van der Waals surface area contributed by atoms with Crippen LogP contribution in [0.15, 0.2) is 58.9 Å². The van der Waals surface area contributed by atoms with Crippen molar-refractivity contribution in [2.75, 3.05) is 4.72 Å². The number of pyridine rings is 1. The Labute approximate surface area is 193 Å². The molecule has 6 nitrogen and oxygen atoms in total. The topological polar surface area (TPSA) is 77.4 Å². The summed E-state index contributed by atoms with van der Waals surface area (Å²) < 4.78 is 48.5. The lowest BCUT2D eigenvalue weighted by atomic mass is 10.0. The zero-order chi connectivity index (χ0) is 24.3. The first-order valence-electron chi connectivity index (χ1n) is 10.5. The molecule has 0 saturated heterocycles. The SMILES string of the molecule is C/C=C/S(=O)(=O)Nc1ccc(Oc2c(C)cc(F)cc2C)c(-c2cc(CC)c(=O)n(C)c2)c1. The molecule has 3 aromatic rings. The maximum absolute atomic E-state index is 13.8. The van der Waals surface area contributed by atoms with E-state index in [2.05, 4.69) is 4.72 Å². The van der Waals surface area contributed by atoms with E-state index in [1.165, 1.54) is 22.8 Å². The van der Waals surface area contributed by atoms with Gasteiger partial charge in [0.25, 0.3) is 15.6 Å². The van der Waals surface area contributed by atoms with Gasteiger partial charge in [-0.3, -0.25) is 9.52 Å². The lowest BCUT2D eigenvalue weighted by Crippen LogP contribution is -2.20. The van der Waals surface area contributed by atoms with Gasteiger partial charge in [-0.05, 0) is 74.7 Å². The van der Waals surface area contributed by atoms with Crippen molar-refractivity contribution < 1.29 is 17.5 Å². The number of benzene rings is 2. The predicted octanol–water partition coefficient (Wildman–Crippen LogP) is 5.44. The minimum absolute atomic E-state index is 0.0983. The molecule has 0 bridgehead atoms. The van der Waals surface area contributed by atoms with Crippen molar-refractivity contribution in [2.45, 2.75) is 34.1 Å². The molecule has 3 rings (SSSR count). The number of anilines is 1. The summed E-state index contributed by atoms with van der Waals surface area (Å²) >= 11 is 0. The molecule has 0 aliphatic rings. The fourth-order valence-electron chi connectivity index (χ4n) is 3.63. The maximum atomic E-state index is 13.8. The summed E-state index contributed by atoms with van der Waals surface area (Å²) in [7, 11) is -2.00. The number of aryl methyl sites for hydroxylation is 4. The lowest BCUT2D eigenvalue weighted by Gasteiger charge is -2.17. The van der Waals surface area contributed by atoms with E-state index in [0.29, 0.717) is 51.4 Å². The quantitative estimate of drug-likeness (QED) is 0.499. The highest BCUT2D eigenvalue weighted by atomic mass is 32.2. The molecule has 0 atom stereocenters. The van der Waals surface area contributed by atoms with Gasteiger partial charge >= 0.3 is 0 Å². The van der Waals surface area contributed by atoms with Gasteiger partial charge in [-0.1, -0.05) is 13.0 Å². The number of allylic oxidation sites excluding steroid dienone is 1. The number of ether oxygens (including phenoxy) is 1. The van der Waals surface area contributed by atoms with Crippen molar-refractivity contribution in [3.05, 3.63) is 86.9 Å². The van der Waals surface area contributed by atoms with Crippen LogP contribution in [-0.2, 0) is 23.5 Å². The predicted molar refractivity (Wildman–Crippen MR) is 130 cm³/mol. The van der Waals surface area contributed by atoms with Crippen molar-refractivity contribution in [3.63, 3.8) is 0 Å². The number of nitrogens with zero attached hydrogens (tertiary/aromatic N) is 1. The van der Waals surface area contributed by atoms with Crippen molar-refractivity contribution >= 4 is 15.7 Å². The number of nitrogens with one attached hydrogen (secondary N) is 1. The van der Waals surface area contributed by atoms with E-state index in [1.807, 2.05) is 6.92 Å². The molecular formula is C25H27FN2O4S. The molecule has 0 spiro atoms. The van der Waals surface area contributed by atoms with Gasteiger partial charge in [0.1, 0.15) is 17.3 Å². The molecule has 0 aliphatic heterocycles. The monoisotopic (exact) mass is 470 g/mol. The molecule has 2 aromatic carbocycles. The van der Waals surface area contributed by atoms with Crippen LogP contribution in [0.3, 0.4) is 0 Å². The van der Waals surface area contributed by atoms with E-state index in [9.17, 15) is 17.6 Å². The first kappa shape index (κ1) is 24.3. The number of hydrogen-bond donors (Lipinski definition) is 1. The number of rotatable bonds is 7. The number of aromatic nitrogens is 1. The van der Waals surface area contributed by atoms with Gasteiger partial charge in [0.15, 0.2) is 0 Å². The van der Waals surface area contributed by atoms with Gasteiger partial charge in [0, 0.05) is 41.0 Å². The van der Waals surface area contributed by atoms with E-state index < -0.39 is 10.0 Å². The molecule has 174 valence electrons. The second-order valence-corrected chi connectivity index (χ2v) is 9.39. The smallest absolute Gasteiger partial charge is 0.254 e. The molecule has 0 fully saturated rings. The van der Waals surface area contributed by atoms with Gasteiger partial charge in [0.2, 0.25) is 0 Å². The summed E-state index contributed by atoms with van der Waals surface area (Å²) in [5.41, 5.74) is 3.40. The maximum Gasteiger partial charge on any atom is 0.254 e.